The van der Waals surface area contributed by atoms with Crippen molar-refractivity contribution in [2.45, 2.75) is 102 Å². The molecule has 2 fully saturated rings. The molecule has 0 saturated carbocycles. The Morgan fingerprint density at radius 2 is 1.66 bits per heavy atom. The molecule has 0 unspecified atom stereocenters. The van der Waals surface area contributed by atoms with Crippen molar-refractivity contribution in [1.82, 2.24) is 23.9 Å². The van der Waals surface area contributed by atoms with Gasteiger partial charge >= 0.3 is 17.1 Å². The minimum absolute atomic E-state index is 0.149. The van der Waals surface area contributed by atoms with Gasteiger partial charge in [0.05, 0.1) is 20.0 Å². The van der Waals surface area contributed by atoms with Crippen molar-refractivity contribution < 1.29 is 27.5 Å². The van der Waals surface area contributed by atoms with Crippen LogP contribution in [0.5, 0.6) is 5.88 Å². The van der Waals surface area contributed by atoms with E-state index in [-0.39, 0.29) is 22.2 Å². The molecule has 0 amide bonds. The van der Waals surface area contributed by atoms with Crippen molar-refractivity contribution in [3.8, 4) is 5.88 Å². The average Bonchev–Trinajstić information content (AvgIpc) is 3.55. The van der Waals surface area contributed by atoms with Crippen molar-refractivity contribution in [2.75, 3.05) is 13.7 Å². The number of hydrogen-bond donors (Lipinski definition) is 1. The summed E-state index contributed by atoms with van der Waals surface area (Å²) < 4.78 is 36.8. The quantitative estimate of drug-likeness (QED) is 0.438. The molecule has 0 aliphatic carbocycles. The third-order valence-corrected chi connectivity index (χ3v) is 18.4. The van der Waals surface area contributed by atoms with Crippen LogP contribution in [0, 0.1) is 0 Å². The molecule has 13 heteroatoms. The number of nitrogens with zero attached hydrogens (tertiary/aromatic N) is 5. The number of aliphatic hydroxyl groups is 1. The molecule has 38 heavy (non-hydrogen) atoms. The molecule has 2 aliphatic heterocycles. The van der Waals surface area contributed by atoms with E-state index < -0.39 is 41.7 Å². The van der Waals surface area contributed by atoms with E-state index in [9.17, 15) is 5.11 Å². The third-order valence-electron chi connectivity index (χ3n) is 8.13. The molecular weight excluding hydrogens is 522 g/mol. The highest BCUT2D eigenvalue weighted by Crippen LogP contribution is 2.48. The van der Waals surface area contributed by atoms with Crippen molar-refractivity contribution in [1.29, 1.82) is 0 Å². The van der Waals surface area contributed by atoms with Gasteiger partial charge in [0.25, 0.3) is 0 Å². The lowest BCUT2D eigenvalue weighted by Crippen LogP contribution is -2.65. The standard InChI is InChI=1S/C25H41N5O6Si2/c1-14(2)37(15(3)4)33-12-18-21(35-38(36-37,16(5)6)17(7)8)20(31)24(34-18)30-13-27-19-22(32-9)28-25-26-10-11-29(25)23(19)30/h10-11,13-18,20-21,24,31H,12H2,1-9H3/t18-,20-,21-,24-/m1/s1. The van der Waals surface area contributed by atoms with Crippen LogP contribution in [-0.4, -0.2) is 78.2 Å². The Balaban J connectivity index is 1.61. The van der Waals surface area contributed by atoms with Crippen LogP contribution >= 0.6 is 0 Å². The Kier molecular flexibility index (Phi) is 7.25. The summed E-state index contributed by atoms with van der Waals surface area (Å²) in [5.41, 5.74) is 1.97. The van der Waals surface area contributed by atoms with E-state index in [4.69, 9.17) is 22.4 Å². The van der Waals surface area contributed by atoms with E-state index in [0.717, 1.165) is 0 Å². The van der Waals surface area contributed by atoms with Gasteiger partial charge in [-0.15, -0.1) is 0 Å². The fourth-order valence-corrected chi connectivity index (χ4v) is 17.3. The first-order valence-electron chi connectivity index (χ1n) is 13.6. The van der Waals surface area contributed by atoms with Gasteiger partial charge in [0.1, 0.15) is 18.3 Å². The highest BCUT2D eigenvalue weighted by atomic mass is 28.5. The second kappa shape index (κ2) is 9.95. The second-order valence-electron chi connectivity index (χ2n) is 11.7. The Morgan fingerprint density at radius 3 is 2.26 bits per heavy atom. The molecule has 1 N–H and O–H groups in total. The van der Waals surface area contributed by atoms with E-state index >= 15 is 0 Å². The molecule has 11 nitrogen and oxygen atoms in total. The van der Waals surface area contributed by atoms with E-state index in [0.29, 0.717) is 29.4 Å². The number of aliphatic hydroxyl groups excluding tert-OH is 1. The minimum atomic E-state index is -2.90. The fourth-order valence-electron chi connectivity index (χ4n) is 6.13. The monoisotopic (exact) mass is 563 g/mol. The van der Waals surface area contributed by atoms with Gasteiger partial charge in [-0.05, 0) is 22.2 Å². The normalized spacial score (nSPS) is 27.5. The number of methoxy groups -OCH3 is 1. The van der Waals surface area contributed by atoms with Gasteiger partial charge in [-0.3, -0.25) is 8.97 Å². The molecular formula is C25H41N5O6Si2. The molecule has 5 rings (SSSR count). The highest BCUT2D eigenvalue weighted by Gasteiger charge is 2.61. The SMILES string of the molecule is COc1nc2nccn2c2c1ncn2[C@@H]1O[C@@H]2CO[Si](C(C)C)(C(C)C)O[Si](C(C)C)(C(C)C)O[C@H]2[C@H]1O. The average molecular weight is 564 g/mol. The van der Waals surface area contributed by atoms with Crippen LogP contribution in [-0.2, 0) is 17.7 Å². The summed E-state index contributed by atoms with van der Waals surface area (Å²) in [4.78, 5) is 13.3. The molecule has 4 atom stereocenters. The largest absolute Gasteiger partial charge is 0.479 e. The number of hydrogen-bond acceptors (Lipinski definition) is 9. The van der Waals surface area contributed by atoms with Crippen LogP contribution in [0.4, 0.5) is 0 Å². The molecule has 0 spiro atoms. The first-order chi connectivity index (χ1) is 18.0. The van der Waals surface area contributed by atoms with Gasteiger partial charge < -0.3 is 27.5 Å². The highest BCUT2D eigenvalue weighted by molar-refractivity contribution is 6.84. The lowest BCUT2D eigenvalue weighted by atomic mass is 10.1. The summed E-state index contributed by atoms with van der Waals surface area (Å²) >= 11 is 0. The van der Waals surface area contributed by atoms with Gasteiger partial charge in [0, 0.05) is 12.4 Å². The Bertz CT molecular complexity index is 1280. The molecule has 2 aliphatic rings. The minimum Gasteiger partial charge on any atom is -0.479 e. The molecule has 3 aromatic heterocycles. The van der Waals surface area contributed by atoms with Gasteiger partial charge in [-0.25, -0.2) is 9.97 Å². The summed E-state index contributed by atoms with van der Waals surface area (Å²) in [6.07, 6.45) is 2.32. The van der Waals surface area contributed by atoms with Gasteiger partial charge in [-0.1, -0.05) is 55.4 Å². The summed E-state index contributed by atoms with van der Waals surface area (Å²) in [7, 11) is -4.06. The van der Waals surface area contributed by atoms with Crippen LogP contribution < -0.4 is 4.74 Å². The van der Waals surface area contributed by atoms with Gasteiger partial charge in [-0.2, -0.15) is 4.98 Å². The lowest BCUT2D eigenvalue weighted by Gasteiger charge is -2.51. The molecule has 210 valence electrons. The predicted octanol–water partition coefficient (Wildman–Crippen LogP) is 4.30. The summed E-state index contributed by atoms with van der Waals surface area (Å²) in [6.45, 7) is 17.7. The van der Waals surface area contributed by atoms with Gasteiger partial charge in [0.2, 0.25) is 11.7 Å². The summed E-state index contributed by atoms with van der Waals surface area (Å²) in [6, 6.07) is 0. The smallest absolute Gasteiger partial charge is 0.335 e. The Hall–Kier alpha value is -1.88. The number of fused-ring (bicyclic) bond motifs is 4. The fraction of sp³-hybridized carbons (Fsp3) is 0.720. The van der Waals surface area contributed by atoms with E-state index in [1.165, 1.54) is 0 Å². The summed E-state index contributed by atoms with van der Waals surface area (Å²) in [5, 5.41) is 11.8. The van der Waals surface area contributed by atoms with E-state index in [1.807, 2.05) is 8.97 Å². The van der Waals surface area contributed by atoms with Crippen molar-refractivity contribution in [3.63, 3.8) is 0 Å². The molecule has 5 heterocycles. The maximum absolute atomic E-state index is 11.8. The molecule has 3 aromatic rings. The first kappa shape index (κ1) is 27.7. The first-order valence-corrected chi connectivity index (χ1v) is 17.5. The number of rotatable bonds is 6. The number of ether oxygens (including phenoxy) is 2. The van der Waals surface area contributed by atoms with Crippen LogP contribution in [0.25, 0.3) is 16.9 Å². The maximum Gasteiger partial charge on any atom is 0.335 e. The zero-order valence-electron chi connectivity index (χ0n) is 23.8. The van der Waals surface area contributed by atoms with E-state index in [1.54, 1.807) is 25.8 Å². The molecule has 2 saturated heterocycles. The zero-order chi connectivity index (χ0) is 27.6. The maximum atomic E-state index is 11.8. The number of imidazole rings is 2. The van der Waals surface area contributed by atoms with Crippen molar-refractivity contribution in [2.24, 2.45) is 0 Å². The molecule has 0 radical (unpaired) electrons. The lowest BCUT2D eigenvalue weighted by molar-refractivity contribution is -0.0570. The van der Waals surface area contributed by atoms with Crippen molar-refractivity contribution >= 4 is 34.1 Å². The zero-order valence-corrected chi connectivity index (χ0v) is 25.8. The third kappa shape index (κ3) is 4.05. The van der Waals surface area contributed by atoms with Crippen LogP contribution in [0.15, 0.2) is 18.7 Å². The number of aromatic nitrogens is 5. The van der Waals surface area contributed by atoms with E-state index in [2.05, 4.69) is 70.3 Å². The Morgan fingerprint density at radius 1 is 1.00 bits per heavy atom. The molecule has 0 bridgehead atoms. The van der Waals surface area contributed by atoms with Crippen LogP contribution in [0.2, 0.25) is 22.2 Å². The summed E-state index contributed by atoms with van der Waals surface area (Å²) in [5.74, 6) is 0.831. The van der Waals surface area contributed by atoms with Gasteiger partial charge in [0.15, 0.2) is 17.4 Å². The van der Waals surface area contributed by atoms with Crippen LogP contribution in [0.1, 0.15) is 61.6 Å². The Labute approximate surface area is 225 Å². The molecule has 0 aromatic carbocycles. The van der Waals surface area contributed by atoms with Crippen molar-refractivity contribution in [3.05, 3.63) is 18.7 Å². The topological polar surface area (TPSA) is 114 Å². The van der Waals surface area contributed by atoms with Crippen LogP contribution in [0.3, 0.4) is 0 Å². The predicted molar refractivity (Wildman–Crippen MR) is 147 cm³/mol. The second-order valence-corrected chi connectivity index (χ2v) is 20.5.